The lowest BCUT2D eigenvalue weighted by atomic mass is 9.77. The topological polar surface area (TPSA) is 51.1 Å². The predicted molar refractivity (Wildman–Crippen MR) is 116 cm³/mol. The normalized spacial score (nSPS) is 27.3. The minimum Gasteiger partial charge on any atom is -0.484 e. The molecule has 0 unspecified atom stereocenters. The van der Waals surface area contributed by atoms with Crippen LogP contribution in [0.5, 0.6) is 0 Å². The van der Waals surface area contributed by atoms with Crippen LogP contribution in [0, 0.1) is 17.3 Å². The summed E-state index contributed by atoms with van der Waals surface area (Å²) < 4.78 is 11.5. The van der Waals surface area contributed by atoms with Gasteiger partial charge in [0, 0.05) is 11.5 Å². The van der Waals surface area contributed by atoms with Gasteiger partial charge in [0.2, 0.25) is 0 Å². The smallest absolute Gasteiger partial charge is 0.412 e. The van der Waals surface area contributed by atoms with Gasteiger partial charge in [0.25, 0.3) is 0 Å². The fraction of sp³-hybridized carbons (Fsp3) is 0.583. The molecular weight excluding hydrogens is 364 g/mol. The number of ether oxygens (including phenoxy) is 2. The Morgan fingerprint density at radius 1 is 1.24 bits per heavy atom. The number of carbonyl (C=O) groups excluding carboxylic acids is 1. The first-order valence-electron chi connectivity index (χ1n) is 10.6. The molecule has 29 heavy (non-hydrogen) atoms. The molecule has 5 nitrogen and oxygen atoms in total. The lowest BCUT2D eigenvalue weighted by Gasteiger charge is -2.48. The Balaban J connectivity index is 1.89. The molecule has 0 N–H and O–H groups in total. The highest BCUT2D eigenvalue weighted by molar-refractivity contribution is 5.83. The van der Waals surface area contributed by atoms with Gasteiger partial charge in [-0.15, -0.1) is 0 Å². The highest BCUT2D eigenvalue weighted by Gasteiger charge is 2.47. The number of nitrogens with zero attached hydrogens (tertiary/aromatic N) is 2. The molecule has 0 aromatic heterocycles. The highest BCUT2D eigenvalue weighted by atomic mass is 16.6. The van der Waals surface area contributed by atoms with Crippen molar-refractivity contribution in [3.63, 3.8) is 0 Å². The van der Waals surface area contributed by atoms with Crippen LogP contribution in [-0.2, 0) is 16.1 Å². The van der Waals surface area contributed by atoms with Crippen molar-refractivity contribution in [3.05, 3.63) is 48.0 Å². The van der Waals surface area contributed by atoms with Crippen LogP contribution in [0.3, 0.4) is 0 Å². The summed E-state index contributed by atoms with van der Waals surface area (Å²) in [5.74, 6) is 1.11. The second kappa shape index (κ2) is 9.02. The third kappa shape index (κ3) is 4.82. The Bertz CT molecular complexity index is 751. The molecule has 5 heteroatoms. The summed E-state index contributed by atoms with van der Waals surface area (Å²) in [6, 6.07) is 9.71. The standard InChI is InChI=1S/C24H34N2O3/c1-17-20(19-14-10-7-11-15-19)21(28-5)25-22(24(2,3)4)26(17)23(27)29-16-18-12-8-6-9-13-18/h6,8-10,12-14,17,19-20,22H,7,11,15-16H2,1-5H3/t17-,19+,20+,22+/m0/s1. The molecule has 0 saturated carbocycles. The summed E-state index contributed by atoms with van der Waals surface area (Å²) >= 11 is 0. The molecule has 158 valence electrons. The molecule has 1 aliphatic heterocycles. The number of benzene rings is 1. The van der Waals surface area contributed by atoms with Crippen molar-refractivity contribution in [1.29, 1.82) is 0 Å². The Morgan fingerprint density at radius 3 is 2.55 bits per heavy atom. The van der Waals surface area contributed by atoms with Gasteiger partial charge in [-0.25, -0.2) is 9.79 Å². The molecule has 0 bridgehead atoms. The maximum atomic E-state index is 13.2. The van der Waals surface area contributed by atoms with Crippen molar-refractivity contribution in [2.75, 3.05) is 7.11 Å². The number of rotatable bonds is 3. The van der Waals surface area contributed by atoms with E-state index in [4.69, 9.17) is 14.5 Å². The van der Waals surface area contributed by atoms with Crippen molar-refractivity contribution in [1.82, 2.24) is 4.90 Å². The molecule has 4 atom stereocenters. The molecule has 1 aromatic carbocycles. The molecule has 2 aliphatic rings. The molecule has 1 aliphatic carbocycles. The van der Waals surface area contributed by atoms with Crippen LogP contribution >= 0.6 is 0 Å². The number of hydrogen-bond donors (Lipinski definition) is 0. The summed E-state index contributed by atoms with van der Waals surface area (Å²) in [5, 5.41) is 0. The predicted octanol–water partition coefficient (Wildman–Crippen LogP) is 5.42. The second-order valence-electron chi connectivity index (χ2n) is 9.15. The summed E-state index contributed by atoms with van der Waals surface area (Å²) in [5.41, 5.74) is 0.739. The van der Waals surface area contributed by atoms with E-state index in [9.17, 15) is 4.79 Å². The number of carbonyl (C=O) groups is 1. The van der Waals surface area contributed by atoms with Gasteiger partial charge < -0.3 is 9.47 Å². The van der Waals surface area contributed by atoms with Crippen molar-refractivity contribution in [2.24, 2.45) is 22.2 Å². The number of amides is 1. The van der Waals surface area contributed by atoms with Gasteiger partial charge in [-0.3, -0.25) is 4.90 Å². The van der Waals surface area contributed by atoms with E-state index in [1.54, 1.807) is 7.11 Å². The zero-order valence-electron chi connectivity index (χ0n) is 18.3. The molecule has 1 amide bonds. The fourth-order valence-electron chi connectivity index (χ4n) is 4.41. The van der Waals surface area contributed by atoms with Crippen molar-refractivity contribution < 1.29 is 14.3 Å². The second-order valence-corrected chi connectivity index (χ2v) is 9.15. The summed E-state index contributed by atoms with van der Waals surface area (Å²) in [4.78, 5) is 20.0. The highest BCUT2D eigenvalue weighted by Crippen LogP contribution is 2.39. The molecule has 0 spiro atoms. The van der Waals surface area contributed by atoms with E-state index in [0.29, 0.717) is 5.92 Å². The van der Waals surface area contributed by atoms with Crippen molar-refractivity contribution in [3.8, 4) is 0 Å². The summed E-state index contributed by atoms with van der Waals surface area (Å²) in [6.45, 7) is 8.65. The van der Waals surface area contributed by atoms with Crippen LogP contribution in [-0.4, -0.2) is 36.2 Å². The fourth-order valence-corrected chi connectivity index (χ4v) is 4.41. The quantitative estimate of drug-likeness (QED) is 0.639. The van der Waals surface area contributed by atoms with Crippen molar-refractivity contribution >= 4 is 12.0 Å². The summed E-state index contributed by atoms with van der Waals surface area (Å²) in [7, 11) is 1.69. The third-order valence-electron chi connectivity index (χ3n) is 5.91. The lowest BCUT2D eigenvalue weighted by Crippen LogP contribution is -2.59. The van der Waals surface area contributed by atoms with E-state index in [-0.39, 0.29) is 36.2 Å². The van der Waals surface area contributed by atoms with E-state index >= 15 is 0 Å². The van der Waals surface area contributed by atoms with E-state index < -0.39 is 0 Å². The number of methoxy groups -OCH3 is 1. The monoisotopic (exact) mass is 398 g/mol. The molecule has 1 aromatic rings. The molecule has 1 heterocycles. The average molecular weight is 399 g/mol. The van der Waals surface area contributed by atoms with Crippen molar-refractivity contribution in [2.45, 2.75) is 65.8 Å². The van der Waals surface area contributed by atoms with E-state index in [0.717, 1.165) is 30.7 Å². The minimum atomic E-state index is -0.334. The van der Waals surface area contributed by atoms with E-state index in [1.807, 2.05) is 35.2 Å². The van der Waals surface area contributed by atoms with Gasteiger partial charge in [-0.05, 0) is 37.7 Å². The Hall–Kier alpha value is -2.30. The molecule has 0 fully saturated rings. The summed E-state index contributed by atoms with van der Waals surface area (Å²) in [6.07, 6.45) is 7.21. The Kier molecular flexibility index (Phi) is 6.66. The third-order valence-corrected chi connectivity index (χ3v) is 5.91. The van der Waals surface area contributed by atoms with Crippen LogP contribution in [0.25, 0.3) is 0 Å². The number of allylic oxidation sites excluding steroid dienone is 2. The van der Waals surface area contributed by atoms with Crippen LogP contribution < -0.4 is 0 Å². The average Bonchev–Trinajstić information content (AvgIpc) is 2.72. The van der Waals surface area contributed by atoms with Crippen LogP contribution in [0.15, 0.2) is 47.5 Å². The number of hydrogen-bond acceptors (Lipinski definition) is 4. The first-order valence-corrected chi connectivity index (χ1v) is 10.6. The number of aliphatic imine (C=N–C) groups is 1. The maximum Gasteiger partial charge on any atom is 0.412 e. The van der Waals surface area contributed by atoms with Gasteiger partial charge in [0.05, 0.1) is 13.0 Å². The minimum absolute atomic E-state index is 0.0411. The zero-order chi connectivity index (χ0) is 21.0. The first kappa shape index (κ1) is 21.4. The Morgan fingerprint density at radius 2 is 1.97 bits per heavy atom. The van der Waals surface area contributed by atoms with Crippen LogP contribution in [0.1, 0.15) is 52.5 Å². The molecule has 0 radical (unpaired) electrons. The first-order chi connectivity index (χ1) is 13.8. The van der Waals surface area contributed by atoms with Crippen LogP contribution in [0.2, 0.25) is 0 Å². The zero-order valence-corrected chi connectivity index (χ0v) is 18.3. The maximum absolute atomic E-state index is 13.2. The SMILES string of the molecule is COC1=N[C@@H](C(C)(C)C)N(C(=O)OCc2ccccc2)[C@@H](C)[C@@H]1[C@@H]1C=CCCC1. The van der Waals surface area contributed by atoms with Gasteiger partial charge in [0.15, 0.2) is 5.90 Å². The van der Waals surface area contributed by atoms with Gasteiger partial charge in [-0.2, -0.15) is 0 Å². The molecule has 0 saturated heterocycles. The lowest BCUT2D eigenvalue weighted by molar-refractivity contribution is 0.0113. The molecular formula is C24H34N2O3. The van der Waals surface area contributed by atoms with Gasteiger partial charge in [-0.1, -0.05) is 63.3 Å². The molecule has 3 rings (SSSR count). The largest absolute Gasteiger partial charge is 0.484 e. The van der Waals surface area contributed by atoms with Gasteiger partial charge >= 0.3 is 6.09 Å². The Labute approximate surface area is 174 Å². The van der Waals surface area contributed by atoms with Crippen LogP contribution in [0.4, 0.5) is 4.79 Å². The van der Waals surface area contributed by atoms with Gasteiger partial charge in [0.1, 0.15) is 12.8 Å². The van der Waals surface area contributed by atoms with E-state index in [1.165, 1.54) is 0 Å². The van der Waals surface area contributed by atoms with E-state index in [2.05, 4.69) is 39.8 Å².